The van der Waals surface area contributed by atoms with Gasteiger partial charge in [0.2, 0.25) is 0 Å². The molecule has 2 atom stereocenters. The molecule has 0 aliphatic heterocycles. The number of hydrogen-bond donors (Lipinski definition) is 1. The minimum Gasteiger partial charge on any atom is -0.349 e. The molecule has 1 amide bonds. The van der Waals surface area contributed by atoms with Gasteiger partial charge in [-0.1, -0.05) is 6.92 Å². The van der Waals surface area contributed by atoms with Crippen LogP contribution in [-0.2, 0) is 7.05 Å². The number of nitrogens with zero attached hydrogens (tertiary/aromatic N) is 2. The fourth-order valence-corrected chi connectivity index (χ4v) is 1.65. The van der Waals surface area contributed by atoms with Crippen LogP contribution in [0.25, 0.3) is 0 Å². The lowest BCUT2D eigenvalue weighted by Gasteiger charge is -2.18. The smallest absolute Gasteiger partial charge is 0.254 e. The van der Waals surface area contributed by atoms with Crippen LogP contribution in [0.2, 0.25) is 0 Å². The maximum absolute atomic E-state index is 11.9. The van der Waals surface area contributed by atoms with Crippen LogP contribution in [0.1, 0.15) is 29.9 Å². The van der Waals surface area contributed by atoms with Gasteiger partial charge in [-0.2, -0.15) is 5.10 Å². The summed E-state index contributed by atoms with van der Waals surface area (Å²) in [6.07, 6.45) is 1.72. The Labute approximate surface area is 101 Å². The number of hydrogen-bond acceptors (Lipinski definition) is 2. The second-order valence-electron chi connectivity index (χ2n) is 4.20. The van der Waals surface area contributed by atoms with Gasteiger partial charge in [0, 0.05) is 25.2 Å². The maximum atomic E-state index is 11.9. The molecule has 1 aromatic heterocycles. The van der Waals surface area contributed by atoms with E-state index >= 15 is 0 Å². The predicted octanol–water partition coefficient (Wildman–Crippen LogP) is 1.72. The van der Waals surface area contributed by atoms with E-state index in [9.17, 15) is 4.79 Å². The molecule has 0 fully saturated rings. The Bertz CT molecular complexity index is 375. The third kappa shape index (κ3) is 2.98. The molecule has 0 aromatic carbocycles. The van der Waals surface area contributed by atoms with Crippen molar-refractivity contribution in [2.24, 2.45) is 13.0 Å². The van der Waals surface area contributed by atoms with E-state index < -0.39 is 0 Å². The topological polar surface area (TPSA) is 46.9 Å². The van der Waals surface area contributed by atoms with Crippen LogP contribution in [0.3, 0.4) is 0 Å². The third-order valence-electron chi connectivity index (χ3n) is 2.71. The molecule has 1 N–H and O–H groups in total. The van der Waals surface area contributed by atoms with Gasteiger partial charge in [0.25, 0.3) is 5.91 Å². The molecule has 90 valence electrons. The van der Waals surface area contributed by atoms with Crippen LogP contribution in [0.4, 0.5) is 0 Å². The number of rotatable bonds is 4. The zero-order valence-corrected chi connectivity index (χ0v) is 10.9. The lowest BCUT2D eigenvalue weighted by atomic mass is 10.1. The summed E-state index contributed by atoms with van der Waals surface area (Å²) in [5.41, 5.74) is 1.36. The zero-order chi connectivity index (χ0) is 12.3. The average Bonchev–Trinajstić information content (AvgIpc) is 2.56. The molecule has 0 aliphatic carbocycles. The number of halogens is 1. The average molecular weight is 244 g/mol. The molecule has 1 aromatic rings. The lowest BCUT2D eigenvalue weighted by molar-refractivity contribution is 0.0930. The first kappa shape index (κ1) is 13.0. The minimum atomic E-state index is -0.0879. The Morgan fingerprint density at radius 1 is 1.62 bits per heavy atom. The predicted molar refractivity (Wildman–Crippen MR) is 64.8 cm³/mol. The second-order valence-corrected chi connectivity index (χ2v) is 4.50. The number of aromatic nitrogens is 2. The van der Waals surface area contributed by atoms with Crippen molar-refractivity contribution in [1.29, 1.82) is 0 Å². The second kappa shape index (κ2) is 5.34. The SMILES string of the molecule is Cc1nn(C)cc1C(=O)NC(C)C(C)CCl. The van der Waals surface area contributed by atoms with Crippen LogP contribution < -0.4 is 5.32 Å². The van der Waals surface area contributed by atoms with Gasteiger partial charge in [-0.3, -0.25) is 9.48 Å². The summed E-state index contributed by atoms with van der Waals surface area (Å²) in [5.74, 6) is 0.700. The van der Waals surface area contributed by atoms with Gasteiger partial charge < -0.3 is 5.32 Å². The monoisotopic (exact) mass is 243 g/mol. The maximum Gasteiger partial charge on any atom is 0.254 e. The molecule has 1 rings (SSSR count). The van der Waals surface area contributed by atoms with Crippen molar-refractivity contribution in [3.63, 3.8) is 0 Å². The Morgan fingerprint density at radius 2 is 2.25 bits per heavy atom. The molecular weight excluding hydrogens is 226 g/mol. The van der Waals surface area contributed by atoms with E-state index in [1.807, 2.05) is 20.8 Å². The van der Waals surface area contributed by atoms with Crippen LogP contribution >= 0.6 is 11.6 Å². The van der Waals surface area contributed by atoms with E-state index in [2.05, 4.69) is 10.4 Å². The van der Waals surface area contributed by atoms with E-state index in [0.717, 1.165) is 5.69 Å². The third-order valence-corrected chi connectivity index (χ3v) is 3.20. The van der Waals surface area contributed by atoms with Gasteiger partial charge in [-0.25, -0.2) is 0 Å². The van der Waals surface area contributed by atoms with E-state index in [-0.39, 0.29) is 17.9 Å². The highest BCUT2D eigenvalue weighted by Crippen LogP contribution is 2.08. The number of amides is 1. The summed E-state index contributed by atoms with van der Waals surface area (Å²) < 4.78 is 1.64. The molecule has 0 aliphatic rings. The van der Waals surface area contributed by atoms with Crippen LogP contribution in [-0.4, -0.2) is 27.6 Å². The number of aryl methyl sites for hydroxylation is 2. The van der Waals surface area contributed by atoms with E-state index in [1.54, 1.807) is 17.9 Å². The first-order valence-electron chi connectivity index (χ1n) is 5.32. The minimum absolute atomic E-state index is 0.0598. The summed E-state index contributed by atoms with van der Waals surface area (Å²) in [4.78, 5) is 11.9. The molecule has 0 saturated carbocycles. The van der Waals surface area contributed by atoms with Crippen molar-refractivity contribution in [2.45, 2.75) is 26.8 Å². The fraction of sp³-hybridized carbons (Fsp3) is 0.636. The molecule has 4 nitrogen and oxygen atoms in total. The van der Waals surface area contributed by atoms with Gasteiger partial charge in [-0.05, 0) is 19.8 Å². The van der Waals surface area contributed by atoms with Crippen LogP contribution in [0.15, 0.2) is 6.20 Å². The lowest BCUT2D eigenvalue weighted by Crippen LogP contribution is -2.37. The first-order valence-corrected chi connectivity index (χ1v) is 5.86. The largest absolute Gasteiger partial charge is 0.349 e. The standard InChI is InChI=1S/C11H18ClN3O/c1-7(5-12)8(2)13-11(16)10-6-15(4)14-9(10)3/h6-8H,5H2,1-4H3,(H,13,16). The number of nitrogens with one attached hydrogen (secondary N) is 1. The quantitative estimate of drug-likeness (QED) is 0.819. The van der Waals surface area contributed by atoms with Gasteiger partial charge in [-0.15, -0.1) is 11.6 Å². The normalized spacial score (nSPS) is 14.6. The molecule has 1 heterocycles. The summed E-state index contributed by atoms with van der Waals surface area (Å²) in [7, 11) is 1.80. The van der Waals surface area contributed by atoms with Crippen molar-refractivity contribution in [1.82, 2.24) is 15.1 Å². The highest BCUT2D eigenvalue weighted by atomic mass is 35.5. The highest BCUT2D eigenvalue weighted by molar-refractivity contribution is 6.18. The number of carbonyl (C=O) groups excluding carboxylic acids is 1. The van der Waals surface area contributed by atoms with Crippen molar-refractivity contribution in [3.8, 4) is 0 Å². The zero-order valence-electron chi connectivity index (χ0n) is 10.1. The number of carbonyl (C=O) groups is 1. The van der Waals surface area contributed by atoms with Crippen LogP contribution in [0.5, 0.6) is 0 Å². The Balaban J connectivity index is 2.69. The first-order chi connectivity index (χ1) is 7.45. The summed E-state index contributed by atoms with van der Waals surface area (Å²) in [6.45, 7) is 5.79. The molecule has 0 bridgehead atoms. The van der Waals surface area contributed by atoms with E-state index in [4.69, 9.17) is 11.6 Å². The molecule has 2 unspecified atom stereocenters. The summed E-state index contributed by atoms with van der Waals surface area (Å²) in [6, 6.07) is 0.0598. The van der Waals surface area contributed by atoms with Gasteiger partial charge in [0.15, 0.2) is 0 Å². The summed E-state index contributed by atoms with van der Waals surface area (Å²) in [5, 5.41) is 7.06. The Hall–Kier alpha value is -1.03. The van der Waals surface area contributed by atoms with Crippen molar-refractivity contribution in [3.05, 3.63) is 17.5 Å². The molecule has 0 saturated heterocycles. The van der Waals surface area contributed by atoms with E-state index in [1.165, 1.54) is 0 Å². The van der Waals surface area contributed by atoms with Crippen molar-refractivity contribution < 1.29 is 4.79 Å². The Morgan fingerprint density at radius 3 is 2.69 bits per heavy atom. The highest BCUT2D eigenvalue weighted by Gasteiger charge is 2.17. The fourth-order valence-electron chi connectivity index (χ4n) is 1.38. The molecule has 5 heteroatoms. The van der Waals surface area contributed by atoms with Gasteiger partial charge in [0.05, 0.1) is 11.3 Å². The molecule has 0 radical (unpaired) electrons. The van der Waals surface area contributed by atoms with Crippen LogP contribution in [0, 0.1) is 12.8 Å². The number of alkyl halides is 1. The Kier molecular flexibility index (Phi) is 4.35. The molecular formula is C11H18ClN3O. The van der Waals surface area contributed by atoms with Gasteiger partial charge in [0.1, 0.15) is 0 Å². The van der Waals surface area contributed by atoms with Crippen molar-refractivity contribution >= 4 is 17.5 Å². The van der Waals surface area contributed by atoms with Gasteiger partial charge >= 0.3 is 0 Å². The molecule has 0 spiro atoms. The van der Waals surface area contributed by atoms with Crippen molar-refractivity contribution in [2.75, 3.05) is 5.88 Å². The summed E-state index contributed by atoms with van der Waals surface area (Å²) >= 11 is 5.74. The molecule has 16 heavy (non-hydrogen) atoms. The van der Waals surface area contributed by atoms with E-state index in [0.29, 0.717) is 11.4 Å².